The molecule has 2 nitrogen and oxygen atoms in total. The molecule has 3 heteroatoms. The maximum Gasteiger partial charge on any atom is 0.0475 e. The van der Waals surface area contributed by atoms with E-state index >= 15 is 0 Å². The Morgan fingerprint density at radius 2 is 1.92 bits per heavy atom. The molecular formula is C10H20N2S. The number of thiol groups is 1. The number of hydrogen-bond donors (Lipinski definition) is 1. The molecule has 0 spiro atoms. The van der Waals surface area contributed by atoms with E-state index in [4.69, 9.17) is 0 Å². The molecule has 2 aliphatic heterocycles. The fourth-order valence-electron chi connectivity index (χ4n) is 3.15. The lowest BCUT2D eigenvalue weighted by molar-refractivity contribution is 0.0551. The summed E-state index contributed by atoms with van der Waals surface area (Å²) >= 11 is 4.62. The lowest BCUT2D eigenvalue weighted by Crippen LogP contribution is -2.56. The first-order valence-corrected chi connectivity index (χ1v) is 5.53. The quantitative estimate of drug-likeness (QED) is 0.594. The van der Waals surface area contributed by atoms with Gasteiger partial charge in [-0.3, -0.25) is 0 Å². The first kappa shape index (κ1) is 9.81. The molecule has 2 unspecified atom stereocenters. The number of likely N-dealkylation sites (N-methyl/N-ethyl adjacent to an activating group) is 1. The van der Waals surface area contributed by atoms with Gasteiger partial charge < -0.3 is 4.90 Å². The molecule has 0 amide bonds. The summed E-state index contributed by atoms with van der Waals surface area (Å²) in [6, 6.07) is 0. The van der Waals surface area contributed by atoms with Crippen molar-refractivity contribution in [1.29, 1.82) is 0 Å². The third kappa shape index (κ3) is 1.24. The van der Waals surface area contributed by atoms with E-state index in [2.05, 4.69) is 42.9 Å². The predicted octanol–water partition coefficient (Wildman–Crippen LogP) is 1.64. The van der Waals surface area contributed by atoms with E-state index in [0.29, 0.717) is 5.41 Å². The molecule has 2 saturated heterocycles. The molecular weight excluding hydrogens is 180 g/mol. The molecule has 2 fully saturated rings. The van der Waals surface area contributed by atoms with Gasteiger partial charge in [-0.25, -0.2) is 4.31 Å². The molecule has 0 bridgehead atoms. The predicted molar refractivity (Wildman–Crippen MR) is 58.9 cm³/mol. The minimum Gasteiger partial charge on any atom is -0.304 e. The molecule has 0 aromatic heterocycles. The summed E-state index contributed by atoms with van der Waals surface area (Å²) in [5.41, 5.74) is 0.727. The molecule has 2 heterocycles. The van der Waals surface area contributed by atoms with Crippen LogP contribution in [0.25, 0.3) is 0 Å². The maximum atomic E-state index is 4.62. The average Bonchev–Trinajstić information content (AvgIpc) is 2.23. The van der Waals surface area contributed by atoms with Crippen LogP contribution in [0.1, 0.15) is 26.7 Å². The lowest BCUT2D eigenvalue weighted by atomic mass is 9.69. The minimum atomic E-state index is 0.281. The first-order valence-electron chi connectivity index (χ1n) is 5.13. The topological polar surface area (TPSA) is 6.48 Å². The molecule has 0 N–H and O–H groups in total. The van der Waals surface area contributed by atoms with Crippen molar-refractivity contribution in [2.75, 3.05) is 26.7 Å². The van der Waals surface area contributed by atoms with E-state index in [1.165, 1.54) is 19.4 Å². The van der Waals surface area contributed by atoms with Crippen molar-refractivity contribution < 1.29 is 0 Å². The van der Waals surface area contributed by atoms with Gasteiger partial charge in [-0.1, -0.05) is 19.7 Å². The second kappa shape index (κ2) is 2.88. The van der Waals surface area contributed by atoms with Crippen molar-refractivity contribution in [3.8, 4) is 0 Å². The second-order valence-corrected chi connectivity index (χ2v) is 5.72. The SMILES string of the molecule is CN1CC2(C)CCCN(S)C2(C)C1. The van der Waals surface area contributed by atoms with Crippen LogP contribution in [-0.2, 0) is 0 Å². The van der Waals surface area contributed by atoms with E-state index in [1.54, 1.807) is 0 Å². The van der Waals surface area contributed by atoms with Gasteiger partial charge in [0, 0.05) is 30.6 Å². The molecule has 0 aliphatic carbocycles. The maximum absolute atomic E-state index is 4.62. The van der Waals surface area contributed by atoms with E-state index in [9.17, 15) is 0 Å². The van der Waals surface area contributed by atoms with Gasteiger partial charge in [-0.15, -0.1) is 0 Å². The Labute approximate surface area is 86.8 Å². The number of rotatable bonds is 0. The molecule has 2 atom stereocenters. The van der Waals surface area contributed by atoms with E-state index < -0.39 is 0 Å². The van der Waals surface area contributed by atoms with Crippen LogP contribution in [0.3, 0.4) is 0 Å². The molecule has 76 valence electrons. The largest absolute Gasteiger partial charge is 0.304 e. The highest BCUT2D eigenvalue weighted by atomic mass is 32.1. The summed E-state index contributed by atoms with van der Waals surface area (Å²) in [6.45, 7) is 8.30. The van der Waals surface area contributed by atoms with Gasteiger partial charge in [0.25, 0.3) is 0 Å². The summed E-state index contributed by atoms with van der Waals surface area (Å²) in [7, 11) is 2.22. The van der Waals surface area contributed by atoms with Crippen molar-refractivity contribution in [3.63, 3.8) is 0 Å². The smallest absolute Gasteiger partial charge is 0.0475 e. The third-order valence-electron chi connectivity index (χ3n) is 4.17. The number of nitrogens with zero attached hydrogens (tertiary/aromatic N) is 2. The van der Waals surface area contributed by atoms with Crippen molar-refractivity contribution >= 4 is 12.8 Å². The molecule has 0 aromatic rings. The normalized spacial score (nSPS) is 48.0. The standard InChI is InChI=1S/C10H20N2S/c1-9-5-4-6-12(13)10(9,2)8-11(3)7-9/h13H,4-8H2,1-3H3. The van der Waals surface area contributed by atoms with Gasteiger partial charge in [0.15, 0.2) is 0 Å². The van der Waals surface area contributed by atoms with E-state index in [-0.39, 0.29) is 5.54 Å². The molecule has 2 aliphatic rings. The number of likely N-dealkylation sites (tertiary alicyclic amines) is 1. The van der Waals surface area contributed by atoms with Crippen molar-refractivity contribution in [2.24, 2.45) is 5.41 Å². The Bertz CT molecular complexity index is 221. The third-order valence-corrected chi connectivity index (χ3v) is 4.81. The highest BCUT2D eigenvalue weighted by Crippen LogP contribution is 2.49. The van der Waals surface area contributed by atoms with E-state index in [1.807, 2.05) is 0 Å². The van der Waals surface area contributed by atoms with Gasteiger partial charge in [0.1, 0.15) is 0 Å². The van der Waals surface area contributed by atoms with Crippen LogP contribution in [0, 0.1) is 5.41 Å². The van der Waals surface area contributed by atoms with Crippen molar-refractivity contribution in [1.82, 2.24) is 9.21 Å². The van der Waals surface area contributed by atoms with Crippen molar-refractivity contribution in [3.05, 3.63) is 0 Å². The Morgan fingerprint density at radius 3 is 2.54 bits per heavy atom. The lowest BCUT2D eigenvalue weighted by Gasteiger charge is -2.49. The van der Waals surface area contributed by atoms with E-state index in [0.717, 1.165) is 13.1 Å². The summed E-state index contributed by atoms with van der Waals surface area (Å²) in [5.74, 6) is 0. The van der Waals surface area contributed by atoms with Crippen LogP contribution < -0.4 is 0 Å². The van der Waals surface area contributed by atoms with Crippen LogP contribution in [0.5, 0.6) is 0 Å². The molecule has 0 saturated carbocycles. The van der Waals surface area contributed by atoms with Gasteiger partial charge in [0.2, 0.25) is 0 Å². The van der Waals surface area contributed by atoms with Crippen LogP contribution in [0.4, 0.5) is 0 Å². The number of fused-ring (bicyclic) bond motifs is 1. The Morgan fingerprint density at radius 1 is 1.23 bits per heavy atom. The summed E-state index contributed by atoms with van der Waals surface area (Å²) in [4.78, 5) is 2.44. The zero-order valence-electron chi connectivity index (χ0n) is 8.88. The molecule has 13 heavy (non-hydrogen) atoms. The first-order chi connectivity index (χ1) is 5.98. The Balaban J connectivity index is 2.31. The number of piperidine rings is 1. The Hall–Kier alpha value is 0.270. The zero-order valence-corrected chi connectivity index (χ0v) is 9.77. The van der Waals surface area contributed by atoms with Crippen LogP contribution in [0.2, 0.25) is 0 Å². The van der Waals surface area contributed by atoms with Crippen LogP contribution >= 0.6 is 12.8 Å². The van der Waals surface area contributed by atoms with Crippen LogP contribution in [0.15, 0.2) is 0 Å². The fraction of sp³-hybridized carbons (Fsp3) is 1.00. The second-order valence-electron chi connectivity index (χ2n) is 5.23. The minimum absolute atomic E-state index is 0.281. The van der Waals surface area contributed by atoms with Gasteiger partial charge >= 0.3 is 0 Å². The number of hydrogen-bond acceptors (Lipinski definition) is 3. The summed E-state index contributed by atoms with van der Waals surface area (Å²) in [5, 5.41) is 0. The van der Waals surface area contributed by atoms with Gasteiger partial charge in [0.05, 0.1) is 0 Å². The van der Waals surface area contributed by atoms with Gasteiger partial charge in [-0.05, 0) is 26.8 Å². The molecule has 0 aromatic carbocycles. The monoisotopic (exact) mass is 200 g/mol. The van der Waals surface area contributed by atoms with Crippen LogP contribution in [-0.4, -0.2) is 41.4 Å². The zero-order chi connectivity index (χ0) is 9.69. The summed E-state index contributed by atoms with van der Waals surface area (Å²) < 4.78 is 2.26. The van der Waals surface area contributed by atoms with Gasteiger partial charge in [-0.2, -0.15) is 0 Å². The molecule has 0 radical (unpaired) electrons. The average molecular weight is 200 g/mol. The summed E-state index contributed by atoms with van der Waals surface area (Å²) in [6.07, 6.45) is 2.65. The highest BCUT2D eigenvalue weighted by Gasteiger charge is 2.55. The highest BCUT2D eigenvalue weighted by molar-refractivity contribution is 7.77. The van der Waals surface area contributed by atoms with Crippen molar-refractivity contribution in [2.45, 2.75) is 32.2 Å². The molecule has 2 rings (SSSR count). The fourth-order valence-corrected chi connectivity index (χ4v) is 3.59. The Kier molecular flexibility index (Phi) is 2.17.